The van der Waals surface area contributed by atoms with Crippen LogP contribution < -0.4 is 20.1 Å². The fraction of sp³-hybridized carbons (Fsp3) is 0.474. The van der Waals surface area contributed by atoms with Crippen LogP contribution in [-0.4, -0.2) is 38.9 Å². The molecule has 0 saturated carbocycles. The van der Waals surface area contributed by atoms with Crippen LogP contribution >= 0.6 is 0 Å². The summed E-state index contributed by atoms with van der Waals surface area (Å²) in [5.41, 5.74) is 3.07. The number of nitrogens with one attached hydrogen (secondary N) is 2. The molecule has 0 aliphatic carbocycles. The van der Waals surface area contributed by atoms with Gasteiger partial charge in [-0.3, -0.25) is 4.99 Å². The number of rotatable bonds is 7. The van der Waals surface area contributed by atoms with Crippen molar-refractivity contribution < 1.29 is 14.0 Å². The van der Waals surface area contributed by atoms with Gasteiger partial charge in [0.05, 0.1) is 26.0 Å². The topological polar surface area (TPSA) is 80.9 Å². The molecule has 0 spiro atoms. The van der Waals surface area contributed by atoms with E-state index in [1.807, 2.05) is 32.0 Å². The Bertz CT molecular complexity index is 736. The third-order valence-corrected chi connectivity index (χ3v) is 4.33. The third kappa shape index (κ3) is 4.68. The summed E-state index contributed by atoms with van der Waals surface area (Å²) in [7, 11) is 5.06. The van der Waals surface area contributed by atoms with Crippen LogP contribution in [0.2, 0.25) is 0 Å². The molecule has 2 aromatic rings. The molecule has 2 rings (SSSR count). The van der Waals surface area contributed by atoms with Crippen molar-refractivity contribution in [1.29, 1.82) is 0 Å². The molecule has 0 radical (unpaired) electrons. The van der Waals surface area contributed by atoms with Crippen LogP contribution in [0.4, 0.5) is 0 Å². The molecule has 1 atom stereocenters. The van der Waals surface area contributed by atoms with Crippen LogP contribution in [0.25, 0.3) is 0 Å². The van der Waals surface area contributed by atoms with Gasteiger partial charge < -0.3 is 24.6 Å². The van der Waals surface area contributed by atoms with Gasteiger partial charge in [0.1, 0.15) is 17.3 Å². The normalized spacial score (nSPS) is 12.6. The zero-order chi connectivity index (χ0) is 19.1. The molecule has 1 heterocycles. The molecule has 0 amide bonds. The summed E-state index contributed by atoms with van der Waals surface area (Å²) in [4.78, 5) is 4.30. The zero-order valence-corrected chi connectivity index (χ0v) is 16.3. The highest BCUT2D eigenvalue weighted by molar-refractivity contribution is 5.80. The van der Waals surface area contributed by atoms with Crippen LogP contribution in [0.3, 0.4) is 0 Å². The van der Waals surface area contributed by atoms with Gasteiger partial charge in [0.2, 0.25) is 0 Å². The molecule has 0 aliphatic rings. The average molecular weight is 360 g/mol. The summed E-state index contributed by atoms with van der Waals surface area (Å²) in [6, 6.07) is 5.74. The first-order chi connectivity index (χ1) is 12.5. The highest BCUT2D eigenvalue weighted by Crippen LogP contribution is 2.29. The van der Waals surface area contributed by atoms with Crippen molar-refractivity contribution in [3.63, 3.8) is 0 Å². The monoisotopic (exact) mass is 360 g/mol. The van der Waals surface area contributed by atoms with E-state index in [1.54, 1.807) is 21.3 Å². The maximum absolute atomic E-state index is 5.46. The minimum Gasteiger partial charge on any atom is -0.497 e. The van der Waals surface area contributed by atoms with Gasteiger partial charge in [0.25, 0.3) is 0 Å². The molecule has 0 fully saturated rings. The fourth-order valence-electron chi connectivity index (χ4n) is 2.82. The molecule has 26 heavy (non-hydrogen) atoms. The zero-order valence-electron chi connectivity index (χ0n) is 16.3. The predicted octanol–water partition coefficient (Wildman–Crippen LogP) is 2.78. The Balaban J connectivity index is 1.99. The molecule has 0 bridgehead atoms. The number of aliphatic imine (C=N–C) groups is 1. The van der Waals surface area contributed by atoms with Gasteiger partial charge in [-0.05, 0) is 45.4 Å². The number of guanidine groups is 1. The van der Waals surface area contributed by atoms with Gasteiger partial charge >= 0.3 is 0 Å². The highest BCUT2D eigenvalue weighted by Gasteiger charge is 2.15. The molecule has 2 N–H and O–H groups in total. The second kappa shape index (κ2) is 9.12. The summed E-state index contributed by atoms with van der Waals surface area (Å²) in [5, 5.41) is 10.7. The Kier molecular flexibility index (Phi) is 6.89. The van der Waals surface area contributed by atoms with Gasteiger partial charge in [0, 0.05) is 24.7 Å². The van der Waals surface area contributed by atoms with Crippen molar-refractivity contribution in [3.05, 3.63) is 40.8 Å². The Morgan fingerprint density at radius 3 is 2.62 bits per heavy atom. The number of aromatic nitrogens is 1. The average Bonchev–Trinajstić information content (AvgIpc) is 2.98. The van der Waals surface area contributed by atoms with E-state index in [0.717, 1.165) is 47.0 Å². The number of hydrogen-bond donors (Lipinski definition) is 2. The number of benzene rings is 1. The SMILES string of the molecule is CN=C(NCCc1c(C)noc1C)NC(C)c1cc(OC)ccc1OC. The van der Waals surface area contributed by atoms with Gasteiger partial charge in [-0.15, -0.1) is 0 Å². The Morgan fingerprint density at radius 1 is 1.27 bits per heavy atom. The standard InChI is InChI=1S/C19H28N4O3/c1-12(17-11-15(24-5)7-8-18(17)25-6)22-19(20-4)21-10-9-16-13(2)23-26-14(16)3/h7-8,11-12H,9-10H2,1-6H3,(H2,20,21,22). The van der Waals surface area contributed by atoms with E-state index in [9.17, 15) is 0 Å². The molecule has 0 saturated heterocycles. The lowest BCUT2D eigenvalue weighted by Gasteiger charge is -2.20. The molecule has 7 nitrogen and oxygen atoms in total. The van der Waals surface area contributed by atoms with E-state index in [0.29, 0.717) is 5.96 Å². The van der Waals surface area contributed by atoms with Crippen molar-refractivity contribution in [2.45, 2.75) is 33.2 Å². The number of ether oxygens (including phenoxy) is 2. The van der Waals surface area contributed by atoms with Crippen LogP contribution in [0.15, 0.2) is 27.7 Å². The van der Waals surface area contributed by atoms with Crippen molar-refractivity contribution >= 4 is 5.96 Å². The summed E-state index contributed by atoms with van der Waals surface area (Å²) in [6.45, 7) is 6.67. The van der Waals surface area contributed by atoms with E-state index >= 15 is 0 Å². The van der Waals surface area contributed by atoms with Crippen LogP contribution in [0.1, 0.15) is 35.5 Å². The minimum absolute atomic E-state index is 0.00897. The summed E-state index contributed by atoms with van der Waals surface area (Å²) in [5.74, 6) is 3.17. The number of methoxy groups -OCH3 is 2. The number of nitrogens with zero attached hydrogens (tertiary/aromatic N) is 2. The van der Waals surface area contributed by atoms with Gasteiger partial charge in [-0.2, -0.15) is 0 Å². The molecule has 1 aromatic carbocycles. The molecular formula is C19H28N4O3. The first-order valence-electron chi connectivity index (χ1n) is 8.61. The highest BCUT2D eigenvalue weighted by atomic mass is 16.5. The maximum atomic E-state index is 5.46. The Morgan fingerprint density at radius 2 is 2.04 bits per heavy atom. The lowest BCUT2D eigenvalue weighted by molar-refractivity contribution is 0.392. The number of aryl methyl sites for hydroxylation is 2. The van der Waals surface area contributed by atoms with E-state index in [2.05, 4.69) is 27.7 Å². The van der Waals surface area contributed by atoms with Gasteiger partial charge in [-0.25, -0.2) is 0 Å². The quantitative estimate of drug-likeness (QED) is 0.584. The third-order valence-electron chi connectivity index (χ3n) is 4.33. The van der Waals surface area contributed by atoms with Gasteiger partial charge in [0.15, 0.2) is 5.96 Å². The summed E-state index contributed by atoms with van der Waals surface area (Å²) < 4.78 is 16.0. The van der Waals surface area contributed by atoms with Gasteiger partial charge in [-0.1, -0.05) is 5.16 Å². The van der Waals surface area contributed by atoms with E-state index in [-0.39, 0.29) is 6.04 Å². The van der Waals surface area contributed by atoms with Crippen molar-refractivity contribution in [2.75, 3.05) is 27.8 Å². The smallest absolute Gasteiger partial charge is 0.191 e. The molecule has 142 valence electrons. The second-order valence-electron chi connectivity index (χ2n) is 6.03. The first kappa shape index (κ1) is 19.6. The van der Waals surface area contributed by atoms with E-state index < -0.39 is 0 Å². The lowest BCUT2D eigenvalue weighted by atomic mass is 10.1. The number of hydrogen-bond acceptors (Lipinski definition) is 5. The van der Waals surface area contributed by atoms with E-state index in [4.69, 9.17) is 14.0 Å². The summed E-state index contributed by atoms with van der Waals surface area (Å²) in [6.07, 6.45) is 0.818. The molecular weight excluding hydrogens is 332 g/mol. The van der Waals surface area contributed by atoms with Crippen LogP contribution in [0, 0.1) is 13.8 Å². The lowest BCUT2D eigenvalue weighted by Crippen LogP contribution is -2.39. The van der Waals surface area contributed by atoms with Crippen LogP contribution in [0.5, 0.6) is 11.5 Å². The second-order valence-corrected chi connectivity index (χ2v) is 6.03. The van der Waals surface area contributed by atoms with Crippen LogP contribution in [-0.2, 0) is 6.42 Å². The van der Waals surface area contributed by atoms with E-state index in [1.165, 1.54) is 0 Å². The fourth-order valence-corrected chi connectivity index (χ4v) is 2.82. The molecule has 0 aliphatic heterocycles. The largest absolute Gasteiger partial charge is 0.497 e. The first-order valence-corrected chi connectivity index (χ1v) is 8.61. The summed E-state index contributed by atoms with van der Waals surface area (Å²) >= 11 is 0. The Labute approximate surface area is 154 Å². The van der Waals surface area contributed by atoms with Crippen molar-refractivity contribution in [1.82, 2.24) is 15.8 Å². The Hall–Kier alpha value is -2.70. The van der Waals surface area contributed by atoms with Crippen molar-refractivity contribution in [2.24, 2.45) is 4.99 Å². The predicted molar refractivity (Wildman–Crippen MR) is 102 cm³/mol. The minimum atomic E-state index is -0.00897. The molecule has 7 heteroatoms. The molecule has 1 unspecified atom stereocenters. The molecule has 1 aromatic heterocycles. The maximum Gasteiger partial charge on any atom is 0.191 e. The van der Waals surface area contributed by atoms with Crippen molar-refractivity contribution in [3.8, 4) is 11.5 Å².